The van der Waals surface area contributed by atoms with E-state index >= 15 is 0 Å². The molecule has 0 spiro atoms. The third-order valence-electron chi connectivity index (χ3n) is 3.80. The van der Waals surface area contributed by atoms with Crippen LogP contribution in [-0.4, -0.2) is 20.2 Å². The number of ether oxygens (including phenoxy) is 1. The Morgan fingerprint density at radius 1 is 1.00 bits per heavy atom. The van der Waals surface area contributed by atoms with E-state index in [4.69, 9.17) is 16.3 Å². The summed E-state index contributed by atoms with van der Waals surface area (Å²) in [4.78, 5) is 8.59. The first kappa shape index (κ1) is 18.3. The molecule has 1 N–H and O–H groups in total. The Morgan fingerprint density at radius 3 is 2.75 bits per heavy atom. The highest BCUT2D eigenvalue weighted by atomic mass is 35.5. The number of benzene rings is 2. The fraction of sp³-hybridized carbons (Fsp3) is 0.100. The van der Waals surface area contributed by atoms with Crippen LogP contribution in [0.5, 0.6) is 5.88 Å². The Balaban J connectivity index is 1.35. The van der Waals surface area contributed by atoms with E-state index in [1.165, 1.54) is 0 Å². The molecule has 0 saturated heterocycles. The van der Waals surface area contributed by atoms with Gasteiger partial charge in [0, 0.05) is 10.6 Å². The van der Waals surface area contributed by atoms with E-state index in [-0.39, 0.29) is 0 Å². The number of halogens is 1. The van der Waals surface area contributed by atoms with Crippen molar-refractivity contribution >= 4 is 28.8 Å². The summed E-state index contributed by atoms with van der Waals surface area (Å²) in [5.41, 5.74) is 2.03. The number of nitrogens with zero attached hydrogens (tertiary/aromatic N) is 4. The Hall–Kier alpha value is -3.03. The summed E-state index contributed by atoms with van der Waals surface area (Å²) in [5, 5.41) is 14.1. The lowest BCUT2D eigenvalue weighted by Crippen LogP contribution is -2.04. The zero-order valence-corrected chi connectivity index (χ0v) is 16.3. The van der Waals surface area contributed by atoms with Gasteiger partial charge in [-0.2, -0.15) is 4.98 Å². The fourth-order valence-electron chi connectivity index (χ4n) is 2.48. The van der Waals surface area contributed by atoms with Gasteiger partial charge < -0.3 is 10.1 Å². The molecule has 0 radical (unpaired) electrons. The molecular formula is C20H16ClN5OS. The average molecular weight is 410 g/mol. The van der Waals surface area contributed by atoms with Crippen LogP contribution in [0.1, 0.15) is 10.6 Å². The highest BCUT2D eigenvalue weighted by Crippen LogP contribution is 2.23. The molecule has 140 valence electrons. The Labute approximate surface area is 171 Å². The molecule has 0 fully saturated rings. The van der Waals surface area contributed by atoms with Crippen molar-refractivity contribution < 1.29 is 4.74 Å². The number of hydrogen-bond donors (Lipinski definition) is 1. The van der Waals surface area contributed by atoms with Crippen LogP contribution in [0.15, 0.2) is 67.0 Å². The first-order valence-electron chi connectivity index (χ1n) is 8.57. The minimum absolute atomic E-state index is 0.371. The lowest BCUT2D eigenvalue weighted by molar-refractivity contribution is 0.293. The zero-order chi connectivity index (χ0) is 19.2. The van der Waals surface area contributed by atoms with Crippen LogP contribution in [0.25, 0.3) is 10.6 Å². The lowest BCUT2D eigenvalue weighted by atomic mass is 10.2. The average Bonchev–Trinajstić information content (AvgIpc) is 3.21. The molecule has 2 aromatic carbocycles. The third kappa shape index (κ3) is 4.82. The Kier molecular flexibility index (Phi) is 5.75. The molecule has 2 aromatic heterocycles. The van der Waals surface area contributed by atoms with Crippen LogP contribution in [0.2, 0.25) is 5.02 Å². The molecule has 0 aliphatic rings. The van der Waals surface area contributed by atoms with Crippen LogP contribution in [-0.2, 0) is 13.2 Å². The Bertz CT molecular complexity index is 1060. The summed E-state index contributed by atoms with van der Waals surface area (Å²) in [6.45, 7) is 0.881. The molecule has 6 nitrogen and oxygen atoms in total. The zero-order valence-electron chi connectivity index (χ0n) is 14.7. The van der Waals surface area contributed by atoms with Crippen LogP contribution in [0, 0.1) is 0 Å². The molecule has 0 atom stereocenters. The standard InChI is InChI=1S/C20H16ClN5OS/c21-16-8-4-5-14(9-16)13-27-18-11-22-10-17(24-18)23-12-19-25-26-20(28-19)15-6-2-1-3-7-15/h1-11H,12-13H2,(H,23,24). The van der Waals surface area contributed by atoms with Gasteiger partial charge in [-0.25, -0.2) is 0 Å². The summed E-state index contributed by atoms with van der Waals surface area (Å²) >= 11 is 7.53. The molecule has 0 amide bonds. The maximum atomic E-state index is 5.99. The number of aromatic nitrogens is 4. The van der Waals surface area contributed by atoms with Gasteiger partial charge in [0.25, 0.3) is 0 Å². The first-order valence-corrected chi connectivity index (χ1v) is 9.77. The topological polar surface area (TPSA) is 72.8 Å². The molecule has 2 heterocycles. The van der Waals surface area contributed by atoms with Gasteiger partial charge in [0.05, 0.1) is 18.9 Å². The van der Waals surface area contributed by atoms with Crippen molar-refractivity contribution in [3.8, 4) is 16.5 Å². The molecule has 0 saturated carbocycles. The summed E-state index contributed by atoms with van der Waals surface area (Å²) in [6.07, 6.45) is 3.22. The number of rotatable bonds is 7. The van der Waals surface area contributed by atoms with Gasteiger partial charge in [0.2, 0.25) is 5.88 Å². The highest BCUT2D eigenvalue weighted by Gasteiger charge is 2.07. The van der Waals surface area contributed by atoms with Gasteiger partial charge in [-0.05, 0) is 17.7 Å². The van der Waals surface area contributed by atoms with Crippen molar-refractivity contribution in [1.82, 2.24) is 20.2 Å². The van der Waals surface area contributed by atoms with Crippen molar-refractivity contribution in [1.29, 1.82) is 0 Å². The molecule has 0 bridgehead atoms. The molecule has 0 unspecified atom stereocenters. The quantitative estimate of drug-likeness (QED) is 0.471. The molecule has 8 heteroatoms. The van der Waals surface area contributed by atoms with Crippen molar-refractivity contribution in [2.45, 2.75) is 13.2 Å². The van der Waals surface area contributed by atoms with Crippen molar-refractivity contribution in [2.75, 3.05) is 5.32 Å². The highest BCUT2D eigenvalue weighted by molar-refractivity contribution is 7.14. The first-order chi connectivity index (χ1) is 13.8. The summed E-state index contributed by atoms with van der Waals surface area (Å²) in [6, 6.07) is 17.5. The van der Waals surface area contributed by atoms with E-state index in [1.807, 2.05) is 54.6 Å². The third-order valence-corrected chi connectivity index (χ3v) is 5.00. The summed E-state index contributed by atoms with van der Waals surface area (Å²) in [7, 11) is 0. The normalized spacial score (nSPS) is 10.6. The van der Waals surface area contributed by atoms with E-state index in [0.29, 0.717) is 29.9 Å². The summed E-state index contributed by atoms with van der Waals surface area (Å²) in [5.74, 6) is 1.05. The number of hydrogen-bond acceptors (Lipinski definition) is 7. The van der Waals surface area contributed by atoms with Crippen LogP contribution in [0.4, 0.5) is 5.82 Å². The second-order valence-corrected chi connectivity index (χ2v) is 7.38. The van der Waals surface area contributed by atoms with Crippen molar-refractivity contribution in [2.24, 2.45) is 0 Å². The van der Waals surface area contributed by atoms with Crippen LogP contribution >= 0.6 is 22.9 Å². The minimum atomic E-state index is 0.371. The molecule has 4 aromatic rings. The smallest absolute Gasteiger partial charge is 0.234 e. The van der Waals surface area contributed by atoms with Gasteiger partial charge in [-0.3, -0.25) is 4.98 Å². The Morgan fingerprint density at radius 2 is 1.89 bits per heavy atom. The van der Waals surface area contributed by atoms with Gasteiger partial charge in [0.15, 0.2) is 0 Å². The number of anilines is 1. The van der Waals surface area contributed by atoms with Crippen LogP contribution in [0.3, 0.4) is 0 Å². The minimum Gasteiger partial charge on any atom is -0.472 e. The second kappa shape index (κ2) is 8.77. The van der Waals surface area contributed by atoms with Gasteiger partial charge in [-0.1, -0.05) is 65.4 Å². The molecule has 4 rings (SSSR count). The molecular weight excluding hydrogens is 394 g/mol. The van der Waals surface area contributed by atoms with Crippen molar-refractivity contribution in [3.63, 3.8) is 0 Å². The summed E-state index contributed by atoms with van der Waals surface area (Å²) < 4.78 is 5.70. The molecule has 0 aliphatic carbocycles. The second-order valence-electron chi connectivity index (χ2n) is 5.88. The van der Waals surface area contributed by atoms with Crippen molar-refractivity contribution in [3.05, 3.63) is 82.6 Å². The molecule has 0 aliphatic heterocycles. The van der Waals surface area contributed by atoms with E-state index < -0.39 is 0 Å². The van der Waals surface area contributed by atoms with Gasteiger partial charge >= 0.3 is 0 Å². The molecule has 28 heavy (non-hydrogen) atoms. The maximum Gasteiger partial charge on any atom is 0.234 e. The predicted molar refractivity (Wildman–Crippen MR) is 110 cm³/mol. The van der Waals surface area contributed by atoms with E-state index in [9.17, 15) is 0 Å². The van der Waals surface area contributed by atoms with Crippen LogP contribution < -0.4 is 10.1 Å². The van der Waals surface area contributed by atoms with E-state index in [1.54, 1.807) is 23.7 Å². The van der Waals surface area contributed by atoms with E-state index in [2.05, 4.69) is 25.5 Å². The fourth-order valence-corrected chi connectivity index (χ4v) is 3.47. The largest absolute Gasteiger partial charge is 0.472 e. The van der Waals surface area contributed by atoms with Gasteiger partial charge in [-0.15, -0.1) is 10.2 Å². The lowest BCUT2D eigenvalue weighted by Gasteiger charge is -2.07. The predicted octanol–water partition coefficient (Wildman–Crippen LogP) is 4.84. The monoisotopic (exact) mass is 409 g/mol. The van der Waals surface area contributed by atoms with Gasteiger partial charge in [0.1, 0.15) is 22.4 Å². The number of nitrogens with one attached hydrogen (secondary N) is 1. The SMILES string of the molecule is Clc1cccc(COc2cncc(NCc3nnc(-c4ccccc4)s3)n2)c1. The maximum absolute atomic E-state index is 5.99. The van der Waals surface area contributed by atoms with E-state index in [0.717, 1.165) is 21.1 Å².